The van der Waals surface area contributed by atoms with Gasteiger partial charge in [-0.3, -0.25) is 4.79 Å². The minimum atomic E-state index is 0. The molecule has 2 rings (SSSR count). The van der Waals surface area contributed by atoms with Crippen LogP contribution in [0.3, 0.4) is 0 Å². The maximum Gasteiger partial charge on any atom is 0.223 e. The van der Waals surface area contributed by atoms with Crippen LogP contribution in [-0.4, -0.2) is 40.8 Å². The molecule has 0 bridgehead atoms. The predicted octanol–water partition coefficient (Wildman–Crippen LogP) is 1.38. The molecule has 1 heterocycles. The van der Waals surface area contributed by atoms with E-state index in [1.165, 1.54) is 5.56 Å². The zero-order valence-corrected chi connectivity index (χ0v) is 11.0. The molecule has 1 aromatic carbocycles. The van der Waals surface area contributed by atoms with Gasteiger partial charge in [0.15, 0.2) is 0 Å². The van der Waals surface area contributed by atoms with Crippen LogP contribution in [0.2, 0.25) is 0 Å². The van der Waals surface area contributed by atoms with Gasteiger partial charge in [0, 0.05) is 35.3 Å². The second kappa shape index (κ2) is 5.81. The van der Waals surface area contributed by atoms with Crippen LogP contribution in [0.1, 0.15) is 12.0 Å². The van der Waals surface area contributed by atoms with E-state index < -0.39 is 0 Å². The van der Waals surface area contributed by atoms with Gasteiger partial charge >= 0.3 is 0 Å². The molecule has 1 atom stereocenters. The average molecular weight is 216 g/mol. The summed E-state index contributed by atoms with van der Waals surface area (Å²) >= 11 is 1.79. The van der Waals surface area contributed by atoms with Gasteiger partial charge in [-0.2, -0.15) is 0 Å². The van der Waals surface area contributed by atoms with Crippen molar-refractivity contribution in [3.8, 4) is 0 Å². The SMILES string of the molecule is O=C1CC(SCc2ccccc2)N1.[Na]. The number of carbonyl (C=O) groups excluding carboxylic acids is 1. The standard InChI is InChI=1S/C10H11NOS.Na/c12-9-6-10(11-9)13-7-8-4-2-1-3-5-8;/h1-5,10H,6-7H2,(H,11,12);. The average Bonchev–Trinajstić information content (AvgIpc) is 2.12. The third-order valence-corrected chi connectivity index (χ3v) is 3.17. The van der Waals surface area contributed by atoms with Gasteiger partial charge in [0.25, 0.3) is 0 Å². The van der Waals surface area contributed by atoms with Crippen LogP contribution in [-0.2, 0) is 10.5 Å². The maximum absolute atomic E-state index is 10.6. The Morgan fingerprint density at radius 3 is 2.57 bits per heavy atom. The summed E-state index contributed by atoms with van der Waals surface area (Å²) in [7, 11) is 0. The molecule has 0 saturated carbocycles. The van der Waals surface area contributed by atoms with Gasteiger partial charge < -0.3 is 5.32 Å². The Hall–Kier alpha value is 0.0400. The number of amides is 1. The van der Waals surface area contributed by atoms with E-state index in [4.69, 9.17) is 0 Å². The summed E-state index contributed by atoms with van der Waals surface area (Å²) in [6.07, 6.45) is 0.678. The third-order valence-electron chi connectivity index (χ3n) is 1.99. The molecule has 69 valence electrons. The van der Waals surface area contributed by atoms with Gasteiger partial charge in [0.2, 0.25) is 5.91 Å². The minimum absolute atomic E-state index is 0. The van der Waals surface area contributed by atoms with E-state index in [0.29, 0.717) is 11.8 Å². The van der Waals surface area contributed by atoms with Gasteiger partial charge in [-0.15, -0.1) is 11.8 Å². The number of rotatable bonds is 3. The zero-order chi connectivity index (χ0) is 9.10. The van der Waals surface area contributed by atoms with Gasteiger partial charge in [-0.25, -0.2) is 0 Å². The van der Waals surface area contributed by atoms with Crippen molar-refractivity contribution in [2.75, 3.05) is 0 Å². The van der Waals surface area contributed by atoms with E-state index >= 15 is 0 Å². The van der Waals surface area contributed by atoms with Crippen molar-refractivity contribution in [3.05, 3.63) is 35.9 Å². The van der Waals surface area contributed by atoms with Crippen LogP contribution in [0.4, 0.5) is 0 Å². The molecule has 0 aliphatic carbocycles. The summed E-state index contributed by atoms with van der Waals surface area (Å²) in [4.78, 5) is 10.6. The summed E-state index contributed by atoms with van der Waals surface area (Å²) in [6, 6.07) is 10.3. The molecule has 1 aromatic rings. The van der Waals surface area contributed by atoms with E-state index in [9.17, 15) is 4.79 Å². The van der Waals surface area contributed by atoms with Crippen LogP contribution in [0, 0.1) is 0 Å². The number of β-lactam (4-membered cyclic amide) rings is 1. The molecule has 1 saturated heterocycles. The van der Waals surface area contributed by atoms with E-state index in [2.05, 4.69) is 17.4 Å². The first-order valence-electron chi connectivity index (χ1n) is 4.29. The van der Waals surface area contributed by atoms with Crippen LogP contribution in [0.5, 0.6) is 0 Å². The van der Waals surface area contributed by atoms with Gasteiger partial charge in [-0.1, -0.05) is 30.3 Å². The Balaban J connectivity index is 0.000000980. The number of nitrogens with one attached hydrogen (secondary N) is 1. The normalized spacial score (nSPS) is 19.1. The van der Waals surface area contributed by atoms with E-state index in [-0.39, 0.29) is 35.5 Å². The van der Waals surface area contributed by atoms with Crippen molar-refractivity contribution in [2.45, 2.75) is 17.5 Å². The molecule has 1 unspecified atom stereocenters. The predicted molar refractivity (Wildman–Crippen MR) is 60.0 cm³/mol. The third kappa shape index (κ3) is 3.31. The Labute approximate surface area is 110 Å². The van der Waals surface area contributed by atoms with Crippen molar-refractivity contribution in [2.24, 2.45) is 0 Å². The van der Waals surface area contributed by atoms with Crippen molar-refractivity contribution >= 4 is 47.2 Å². The molecule has 14 heavy (non-hydrogen) atoms. The molecule has 1 aliphatic rings. The van der Waals surface area contributed by atoms with Crippen molar-refractivity contribution in [1.82, 2.24) is 5.32 Å². The quantitative estimate of drug-likeness (QED) is 0.611. The molecular formula is C10H11NNaOS. The van der Waals surface area contributed by atoms with Crippen LogP contribution < -0.4 is 5.32 Å². The molecule has 0 aromatic heterocycles. The molecule has 1 fully saturated rings. The largest absolute Gasteiger partial charge is 0.344 e. The van der Waals surface area contributed by atoms with E-state index in [1.807, 2.05) is 18.2 Å². The first kappa shape index (κ1) is 12.1. The Morgan fingerprint density at radius 2 is 2.00 bits per heavy atom. The first-order valence-corrected chi connectivity index (χ1v) is 5.34. The summed E-state index contributed by atoms with van der Waals surface area (Å²) in [5, 5.41) is 3.18. The van der Waals surface area contributed by atoms with Gasteiger partial charge in [0.1, 0.15) is 0 Å². The molecule has 4 heteroatoms. The number of carbonyl (C=O) groups is 1. The summed E-state index contributed by atoms with van der Waals surface area (Å²) < 4.78 is 0. The number of hydrogen-bond acceptors (Lipinski definition) is 2. The van der Waals surface area contributed by atoms with Gasteiger partial charge in [0.05, 0.1) is 11.8 Å². The molecule has 1 aliphatic heterocycles. The van der Waals surface area contributed by atoms with Crippen LogP contribution in [0.15, 0.2) is 30.3 Å². The number of hydrogen-bond donors (Lipinski definition) is 1. The first-order chi connectivity index (χ1) is 6.34. The summed E-state index contributed by atoms with van der Waals surface area (Å²) in [5.74, 6) is 1.15. The summed E-state index contributed by atoms with van der Waals surface area (Å²) in [5.41, 5.74) is 1.31. The number of thioether (sulfide) groups is 1. The number of benzene rings is 1. The van der Waals surface area contributed by atoms with Crippen LogP contribution >= 0.6 is 11.8 Å². The molecular weight excluding hydrogens is 205 g/mol. The zero-order valence-electron chi connectivity index (χ0n) is 8.19. The van der Waals surface area contributed by atoms with Crippen molar-refractivity contribution in [3.63, 3.8) is 0 Å². The Kier molecular flexibility index (Phi) is 5.02. The molecule has 0 spiro atoms. The monoisotopic (exact) mass is 216 g/mol. The second-order valence-electron chi connectivity index (χ2n) is 3.06. The fraction of sp³-hybridized carbons (Fsp3) is 0.300. The second-order valence-corrected chi connectivity index (χ2v) is 4.25. The Morgan fingerprint density at radius 1 is 1.36 bits per heavy atom. The van der Waals surface area contributed by atoms with Crippen molar-refractivity contribution < 1.29 is 4.79 Å². The minimum Gasteiger partial charge on any atom is -0.344 e. The summed E-state index contributed by atoms with van der Waals surface area (Å²) in [6.45, 7) is 0. The van der Waals surface area contributed by atoms with Crippen LogP contribution in [0.25, 0.3) is 0 Å². The fourth-order valence-electron chi connectivity index (χ4n) is 1.20. The molecule has 1 amide bonds. The van der Waals surface area contributed by atoms with Crippen molar-refractivity contribution in [1.29, 1.82) is 0 Å². The topological polar surface area (TPSA) is 29.1 Å². The smallest absolute Gasteiger partial charge is 0.223 e. The van der Waals surface area contributed by atoms with E-state index in [0.717, 1.165) is 5.75 Å². The fourth-order valence-corrected chi connectivity index (χ4v) is 2.27. The maximum atomic E-state index is 10.6. The molecule has 2 nitrogen and oxygen atoms in total. The van der Waals surface area contributed by atoms with E-state index in [1.54, 1.807) is 11.8 Å². The molecule has 1 radical (unpaired) electrons. The van der Waals surface area contributed by atoms with Gasteiger partial charge in [-0.05, 0) is 5.56 Å². The molecule has 1 N–H and O–H groups in total. The Bertz CT molecular complexity index is 296.